The zero-order chi connectivity index (χ0) is 23.4. The van der Waals surface area contributed by atoms with Crippen LogP contribution in [0.15, 0.2) is 38.9 Å². The van der Waals surface area contributed by atoms with Gasteiger partial charge in [0, 0.05) is 24.0 Å². The van der Waals surface area contributed by atoms with Crippen LogP contribution in [0.4, 0.5) is 0 Å². The molecule has 0 spiro atoms. The Morgan fingerprint density at radius 3 is 2.66 bits per heavy atom. The van der Waals surface area contributed by atoms with Gasteiger partial charge in [0.15, 0.2) is 0 Å². The van der Waals surface area contributed by atoms with Crippen LogP contribution < -0.4 is 4.72 Å². The van der Waals surface area contributed by atoms with E-state index in [1.807, 2.05) is 0 Å². The summed E-state index contributed by atoms with van der Waals surface area (Å²) in [7, 11) is -4.16. The molecule has 2 N–H and O–H groups in total. The maximum Gasteiger partial charge on any atom is 0.297 e. The Morgan fingerprint density at radius 2 is 2.00 bits per heavy atom. The molecule has 6 nitrogen and oxygen atoms in total. The average molecular weight is 462 g/mol. The second-order valence-electron chi connectivity index (χ2n) is 10.6. The van der Waals surface area contributed by atoms with Crippen molar-refractivity contribution in [2.45, 2.75) is 83.8 Å². The molecule has 1 fully saturated rings. The summed E-state index contributed by atoms with van der Waals surface area (Å²) in [6.45, 7) is 10.6. The highest BCUT2D eigenvalue weighted by atomic mass is 32.2. The standard InChI is InChI=1S/C25H35NO5S/c1-14(2)18-7-6-10-25(5,15(3)4)20(18)13-21(27)26-32(29,30)22-12-19-23(28)16-8-9-17(11-16)24(19)31-22/h6-7,12,14-17,23,28H,8-11,13H2,1-5H3,(H,26,27). The van der Waals surface area contributed by atoms with E-state index in [1.165, 1.54) is 6.07 Å². The molecule has 1 saturated carbocycles. The van der Waals surface area contributed by atoms with Crippen molar-refractivity contribution >= 4 is 15.9 Å². The molecule has 3 aliphatic rings. The van der Waals surface area contributed by atoms with Crippen LogP contribution in [0.2, 0.25) is 0 Å². The van der Waals surface area contributed by atoms with Gasteiger partial charge >= 0.3 is 0 Å². The molecule has 7 heteroatoms. The van der Waals surface area contributed by atoms with Crippen molar-refractivity contribution in [3.63, 3.8) is 0 Å². The van der Waals surface area contributed by atoms with Crippen molar-refractivity contribution in [2.75, 3.05) is 0 Å². The summed E-state index contributed by atoms with van der Waals surface area (Å²) in [4.78, 5) is 13.0. The van der Waals surface area contributed by atoms with Crippen molar-refractivity contribution in [3.05, 3.63) is 40.7 Å². The van der Waals surface area contributed by atoms with Gasteiger partial charge in [0.1, 0.15) is 5.76 Å². The first kappa shape index (κ1) is 23.3. The summed E-state index contributed by atoms with van der Waals surface area (Å²) in [5, 5.41) is 10.3. The van der Waals surface area contributed by atoms with Crippen molar-refractivity contribution in [3.8, 4) is 0 Å². The van der Waals surface area contributed by atoms with Crippen LogP contribution in [0, 0.1) is 23.2 Å². The normalized spacial score (nSPS) is 29.7. The first-order valence-corrected chi connectivity index (χ1v) is 13.2. The number of sulfonamides is 1. The molecule has 176 valence electrons. The van der Waals surface area contributed by atoms with E-state index in [-0.39, 0.29) is 34.7 Å². The lowest BCUT2D eigenvalue weighted by Crippen LogP contribution is -2.35. The van der Waals surface area contributed by atoms with Gasteiger partial charge in [0.05, 0.1) is 6.10 Å². The summed E-state index contributed by atoms with van der Waals surface area (Å²) in [6, 6.07) is 1.40. The van der Waals surface area contributed by atoms with E-state index < -0.39 is 22.0 Å². The van der Waals surface area contributed by atoms with Gasteiger partial charge in [-0.3, -0.25) is 4.79 Å². The quantitative estimate of drug-likeness (QED) is 0.623. The van der Waals surface area contributed by atoms with Gasteiger partial charge in [-0.15, -0.1) is 0 Å². The number of allylic oxidation sites excluding steroid dienone is 3. The topological polar surface area (TPSA) is 96.6 Å². The van der Waals surface area contributed by atoms with Gasteiger partial charge in [0.25, 0.3) is 10.0 Å². The van der Waals surface area contributed by atoms with Crippen molar-refractivity contribution in [1.29, 1.82) is 0 Å². The molecule has 1 amide bonds. The second-order valence-corrected chi connectivity index (χ2v) is 12.2. The number of rotatable bonds is 6. The van der Waals surface area contributed by atoms with E-state index in [9.17, 15) is 18.3 Å². The molecule has 1 aromatic rings. The Labute approximate surface area is 191 Å². The lowest BCUT2D eigenvalue weighted by molar-refractivity contribution is -0.119. The van der Waals surface area contributed by atoms with Crippen molar-refractivity contribution in [2.24, 2.45) is 23.2 Å². The van der Waals surface area contributed by atoms with E-state index in [4.69, 9.17) is 4.42 Å². The summed E-state index contributed by atoms with van der Waals surface area (Å²) < 4.78 is 33.9. The minimum Gasteiger partial charge on any atom is -0.447 e. The molecular weight excluding hydrogens is 426 g/mol. The van der Waals surface area contributed by atoms with Gasteiger partial charge in [-0.2, -0.15) is 8.42 Å². The number of aliphatic hydroxyl groups excluding tert-OH is 1. The number of carbonyl (C=O) groups is 1. The fraction of sp³-hybridized carbons (Fsp3) is 0.640. The van der Waals surface area contributed by atoms with E-state index in [0.717, 1.165) is 36.8 Å². The van der Waals surface area contributed by atoms with Gasteiger partial charge in [0.2, 0.25) is 11.0 Å². The number of carbonyl (C=O) groups excluding carboxylic acids is 1. The molecule has 4 rings (SSSR count). The van der Waals surface area contributed by atoms with Gasteiger partial charge in [-0.25, -0.2) is 4.72 Å². The summed E-state index contributed by atoms with van der Waals surface area (Å²) in [5.41, 5.74) is 2.46. The van der Waals surface area contributed by atoms with Crippen LogP contribution in [0.5, 0.6) is 0 Å². The molecule has 4 unspecified atom stereocenters. The van der Waals surface area contributed by atoms with Crippen LogP contribution in [0.25, 0.3) is 0 Å². The number of nitrogens with one attached hydrogen (secondary N) is 1. The SMILES string of the molecule is CC(C)C1=C(CC(=O)NS(=O)(=O)c2cc3c(o2)C2CCC(C2)C3O)C(C)(C(C)C)CC=C1. The average Bonchev–Trinajstić information content (AvgIpc) is 3.34. The lowest BCUT2D eigenvalue weighted by atomic mass is 9.65. The Morgan fingerprint density at radius 1 is 1.28 bits per heavy atom. The summed E-state index contributed by atoms with van der Waals surface area (Å²) in [5.74, 6) is 0.847. The van der Waals surface area contributed by atoms with E-state index in [0.29, 0.717) is 17.2 Å². The van der Waals surface area contributed by atoms with Crippen LogP contribution in [-0.4, -0.2) is 19.4 Å². The minimum absolute atomic E-state index is 0.0273. The van der Waals surface area contributed by atoms with Gasteiger partial charge in [-0.05, 0) is 54.4 Å². The molecule has 32 heavy (non-hydrogen) atoms. The smallest absolute Gasteiger partial charge is 0.297 e. The third-order valence-corrected chi connectivity index (χ3v) is 9.23. The number of aliphatic hydroxyl groups is 1. The second kappa shape index (κ2) is 8.17. The summed E-state index contributed by atoms with van der Waals surface area (Å²) in [6.07, 6.45) is 7.00. The molecule has 1 aromatic heterocycles. The number of hydrogen-bond donors (Lipinski definition) is 2. The third-order valence-electron chi connectivity index (χ3n) is 8.00. The predicted molar refractivity (Wildman–Crippen MR) is 122 cm³/mol. The first-order valence-electron chi connectivity index (χ1n) is 11.7. The molecule has 0 aromatic carbocycles. The van der Waals surface area contributed by atoms with Crippen molar-refractivity contribution in [1.82, 2.24) is 4.72 Å². The molecule has 1 heterocycles. The Kier molecular flexibility index (Phi) is 5.95. The Balaban J connectivity index is 1.58. The van der Waals surface area contributed by atoms with E-state index >= 15 is 0 Å². The highest BCUT2D eigenvalue weighted by molar-refractivity contribution is 7.89. The van der Waals surface area contributed by atoms with Crippen LogP contribution in [0.3, 0.4) is 0 Å². The highest BCUT2D eigenvalue weighted by Crippen LogP contribution is 2.52. The molecule has 4 atom stereocenters. The fourth-order valence-corrected chi connectivity index (χ4v) is 6.64. The van der Waals surface area contributed by atoms with Crippen LogP contribution in [0.1, 0.15) is 90.1 Å². The monoisotopic (exact) mass is 461 g/mol. The highest BCUT2D eigenvalue weighted by Gasteiger charge is 2.43. The number of furan rings is 1. The summed E-state index contributed by atoms with van der Waals surface area (Å²) >= 11 is 0. The first-order chi connectivity index (χ1) is 14.9. The van der Waals surface area contributed by atoms with Crippen molar-refractivity contribution < 1.29 is 22.7 Å². The molecule has 0 radical (unpaired) electrons. The van der Waals surface area contributed by atoms with Crippen LogP contribution in [-0.2, 0) is 14.8 Å². The minimum atomic E-state index is -4.16. The Bertz CT molecular complexity index is 1060. The number of fused-ring (bicyclic) bond motifs is 4. The van der Waals surface area contributed by atoms with Crippen LogP contribution >= 0.6 is 0 Å². The largest absolute Gasteiger partial charge is 0.447 e. The van der Waals surface area contributed by atoms with Gasteiger partial charge < -0.3 is 9.52 Å². The maximum absolute atomic E-state index is 13.0. The van der Waals surface area contributed by atoms with E-state index in [1.54, 1.807) is 0 Å². The van der Waals surface area contributed by atoms with E-state index in [2.05, 4.69) is 51.5 Å². The zero-order valence-corrected chi connectivity index (χ0v) is 20.5. The zero-order valence-electron chi connectivity index (χ0n) is 19.6. The van der Waals surface area contributed by atoms with Gasteiger partial charge in [-0.1, -0.05) is 52.3 Å². The molecule has 2 bridgehead atoms. The molecule has 0 aliphatic heterocycles. The molecular formula is C25H35NO5S. The fourth-order valence-electron chi connectivity index (χ4n) is 5.68. The number of hydrogen-bond acceptors (Lipinski definition) is 5. The third kappa shape index (κ3) is 3.87. The molecule has 0 saturated heterocycles. The molecule has 3 aliphatic carbocycles. The maximum atomic E-state index is 13.0. The lowest BCUT2D eigenvalue weighted by Gasteiger charge is -2.40. The predicted octanol–water partition coefficient (Wildman–Crippen LogP) is 4.98. The Hall–Kier alpha value is -1.86. The number of amides is 1.